The molecule has 0 aromatic heterocycles. The maximum atomic E-state index is 12.7. The van der Waals surface area contributed by atoms with Crippen molar-refractivity contribution in [3.63, 3.8) is 0 Å². The summed E-state index contributed by atoms with van der Waals surface area (Å²) in [5.74, 6) is 1.19. The van der Waals surface area contributed by atoms with Gasteiger partial charge in [-0.2, -0.15) is 0 Å². The smallest absolute Gasteiger partial charge is 0.258 e. The fourth-order valence-corrected chi connectivity index (χ4v) is 2.76. The second kappa shape index (κ2) is 7.53. The van der Waals surface area contributed by atoms with Crippen molar-refractivity contribution in [3.05, 3.63) is 42.5 Å². The summed E-state index contributed by atoms with van der Waals surface area (Å²) in [6.45, 7) is 6.94. The van der Waals surface area contributed by atoms with E-state index in [0.717, 1.165) is 0 Å². The van der Waals surface area contributed by atoms with Crippen molar-refractivity contribution in [1.82, 2.24) is 4.90 Å². The van der Waals surface area contributed by atoms with Gasteiger partial charge in [-0.3, -0.25) is 9.79 Å². The molecule has 2 atom stereocenters. The normalized spacial score (nSPS) is 20.2. The lowest BCUT2D eigenvalue weighted by Crippen LogP contribution is -2.36. The lowest BCUT2D eigenvalue weighted by Gasteiger charge is -2.19. The molecular formula is C19H22N2O4. The van der Waals surface area contributed by atoms with E-state index >= 15 is 0 Å². The van der Waals surface area contributed by atoms with Crippen molar-refractivity contribution >= 4 is 17.8 Å². The first-order valence-electron chi connectivity index (χ1n) is 8.21. The molecule has 1 amide bonds. The Morgan fingerprint density at radius 2 is 2.32 bits per heavy atom. The standard InChI is InChI=1S/C19H22N2O4/c1-4-5-6-13(2)10-25-18-8-16-15(7-17(18)23-3)19(22)21-12-24-11-14(21)9-20-16/h4-9,13-14H,1,10-12H2,2-3H3/b6-5-/t13?,14-/m1/s1. The second-order valence-electron chi connectivity index (χ2n) is 6.05. The highest BCUT2D eigenvalue weighted by atomic mass is 16.5. The van der Waals surface area contributed by atoms with Crippen LogP contribution in [0.25, 0.3) is 0 Å². The number of benzene rings is 1. The van der Waals surface area contributed by atoms with Crippen LogP contribution in [-0.4, -0.2) is 50.1 Å². The molecule has 6 heteroatoms. The number of allylic oxidation sites excluding steroid dienone is 2. The molecule has 0 spiro atoms. The lowest BCUT2D eigenvalue weighted by atomic mass is 10.1. The van der Waals surface area contributed by atoms with Gasteiger partial charge in [-0.15, -0.1) is 0 Å². The predicted octanol–water partition coefficient (Wildman–Crippen LogP) is 2.97. The molecule has 0 saturated carbocycles. The van der Waals surface area contributed by atoms with E-state index in [1.54, 1.807) is 36.4 Å². The highest BCUT2D eigenvalue weighted by Crippen LogP contribution is 2.37. The van der Waals surface area contributed by atoms with E-state index in [1.165, 1.54) is 0 Å². The third-order valence-electron chi connectivity index (χ3n) is 4.16. The van der Waals surface area contributed by atoms with E-state index in [9.17, 15) is 4.79 Å². The summed E-state index contributed by atoms with van der Waals surface area (Å²) >= 11 is 0. The average molecular weight is 342 g/mol. The van der Waals surface area contributed by atoms with Crippen molar-refractivity contribution in [2.45, 2.75) is 13.0 Å². The monoisotopic (exact) mass is 342 g/mol. The number of methoxy groups -OCH3 is 1. The van der Waals surface area contributed by atoms with Crippen LogP contribution in [-0.2, 0) is 4.74 Å². The molecule has 0 aliphatic carbocycles. The Kier molecular flexibility index (Phi) is 5.19. The van der Waals surface area contributed by atoms with Crippen molar-refractivity contribution in [2.75, 3.05) is 27.1 Å². The van der Waals surface area contributed by atoms with Crippen LogP contribution in [0.15, 0.2) is 41.9 Å². The van der Waals surface area contributed by atoms with Gasteiger partial charge < -0.3 is 19.1 Å². The molecule has 2 aliphatic heterocycles. The molecule has 6 nitrogen and oxygen atoms in total. The van der Waals surface area contributed by atoms with Gasteiger partial charge in [-0.1, -0.05) is 31.7 Å². The minimum Gasteiger partial charge on any atom is -0.493 e. The molecule has 1 unspecified atom stereocenters. The van der Waals surface area contributed by atoms with E-state index < -0.39 is 0 Å². The van der Waals surface area contributed by atoms with Crippen molar-refractivity contribution in [3.8, 4) is 11.5 Å². The number of nitrogens with zero attached hydrogens (tertiary/aromatic N) is 2. The molecule has 1 saturated heterocycles. The van der Waals surface area contributed by atoms with Crippen molar-refractivity contribution < 1.29 is 19.0 Å². The van der Waals surface area contributed by atoms with Crippen LogP contribution in [0.2, 0.25) is 0 Å². The fraction of sp³-hybridized carbons (Fsp3) is 0.368. The minimum absolute atomic E-state index is 0.109. The highest BCUT2D eigenvalue weighted by molar-refractivity contribution is 6.03. The molecule has 3 rings (SSSR count). The van der Waals surface area contributed by atoms with Gasteiger partial charge in [0.05, 0.1) is 37.6 Å². The predicted molar refractivity (Wildman–Crippen MR) is 95.9 cm³/mol. The Bertz CT molecular complexity index is 726. The first-order valence-corrected chi connectivity index (χ1v) is 8.21. The quantitative estimate of drug-likeness (QED) is 0.746. The van der Waals surface area contributed by atoms with Crippen LogP contribution in [0.1, 0.15) is 17.3 Å². The molecule has 1 fully saturated rings. The lowest BCUT2D eigenvalue weighted by molar-refractivity contribution is 0.0684. The second-order valence-corrected chi connectivity index (χ2v) is 6.05. The van der Waals surface area contributed by atoms with Crippen LogP contribution in [0, 0.1) is 5.92 Å². The summed E-state index contributed by atoms with van der Waals surface area (Å²) < 4.78 is 16.7. The van der Waals surface area contributed by atoms with E-state index in [4.69, 9.17) is 14.2 Å². The molecule has 0 N–H and O–H groups in total. The SMILES string of the molecule is C=C/C=C\C(C)COc1cc2c(cc1OC)C(=O)N1COC[C@H]1C=N2. The zero-order valence-electron chi connectivity index (χ0n) is 14.5. The van der Waals surface area contributed by atoms with Crippen LogP contribution in [0.4, 0.5) is 5.69 Å². The zero-order chi connectivity index (χ0) is 17.8. The van der Waals surface area contributed by atoms with Crippen LogP contribution in [0.3, 0.4) is 0 Å². The van der Waals surface area contributed by atoms with Crippen LogP contribution < -0.4 is 9.47 Å². The number of rotatable bonds is 6. The Balaban J connectivity index is 1.87. The molecule has 25 heavy (non-hydrogen) atoms. The number of ether oxygens (including phenoxy) is 3. The third-order valence-corrected chi connectivity index (χ3v) is 4.16. The van der Waals surface area contributed by atoms with Gasteiger partial charge in [0.1, 0.15) is 6.73 Å². The molecule has 1 aromatic carbocycles. The van der Waals surface area contributed by atoms with Crippen molar-refractivity contribution in [1.29, 1.82) is 0 Å². The number of amides is 1. The van der Waals surface area contributed by atoms with E-state index in [1.807, 2.05) is 19.1 Å². The molecule has 132 valence electrons. The zero-order valence-corrected chi connectivity index (χ0v) is 14.5. The number of aliphatic imine (C=N–C) groups is 1. The van der Waals surface area contributed by atoms with Crippen LogP contribution >= 0.6 is 0 Å². The Morgan fingerprint density at radius 1 is 1.48 bits per heavy atom. The summed E-state index contributed by atoms with van der Waals surface area (Å²) in [5.41, 5.74) is 1.08. The Morgan fingerprint density at radius 3 is 3.08 bits per heavy atom. The van der Waals surface area contributed by atoms with Gasteiger partial charge in [0.15, 0.2) is 11.5 Å². The van der Waals surface area contributed by atoms with Gasteiger partial charge in [0, 0.05) is 18.2 Å². The van der Waals surface area contributed by atoms with Gasteiger partial charge >= 0.3 is 0 Å². The van der Waals surface area contributed by atoms with E-state index in [2.05, 4.69) is 11.6 Å². The first-order chi connectivity index (χ1) is 12.1. The number of carbonyl (C=O) groups is 1. The first kappa shape index (κ1) is 17.2. The largest absolute Gasteiger partial charge is 0.493 e. The summed E-state index contributed by atoms with van der Waals surface area (Å²) in [6, 6.07) is 3.32. The minimum atomic E-state index is -0.126. The van der Waals surface area contributed by atoms with E-state index in [-0.39, 0.29) is 24.6 Å². The highest BCUT2D eigenvalue weighted by Gasteiger charge is 2.33. The molecule has 2 heterocycles. The number of fused-ring (bicyclic) bond motifs is 2. The fourth-order valence-electron chi connectivity index (χ4n) is 2.76. The van der Waals surface area contributed by atoms with Gasteiger partial charge in [-0.05, 0) is 6.07 Å². The molecule has 2 aliphatic rings. The topological polar surface area (TPSA) is 60.4 Å². The van der Waals surface area contributed by atoms with Gasteiger partial charge in [0.25, 0.3) is 5.91 Å². The third kappa shape index (κ3) is 3.58. The molecular weight excluding hydrogens is 320 g/mol. The average Bonchev–Trinajstić information content (AvgIpc) is 3.06. The number of hydrogen-bond acceptors (Lipinski definition) is 5. The number of hydrogen-bond donors (Lipinski definition) is 0. The molecule has 0 radical (unpaired) electrons. The summed E-state index contributed by atoms with van der Waals surface area (Å²) in [4.78, 5) is 18.9. The van der Waals surface area contributed by atoms with Gasteiger partial charge in [-0.25, -0.2) is 0 Å². The Hall–Kier alpha value is -2.60. The number of carbonyl (C=O) groups excluding carboxylic acids is 1. The Labute approximate surface area is 147 Å². The molecule has 1 aromatic rings. The summed E-state index contributed by atoms with van der Waals surface area (Å²) in [6.07, 6.45) is 7.39. The maximum Gasteiger partial charge on any atom is 0.258 e. The van der Waals surface area contributed by atoms with Crippen molar-refractivity contribution in [2.24, 2.45) is 10.9 Å². The van der Waals surface area contributed by atoms with Crippen LogP contribution in [0.5, 0.6) is 11.5 Å². The molecule has 0 bridgehead atoms. The maximum absolute atomic E-state index is 12.7. The summed E-state index contributed by atoms with van der Waals surface area (Å²) in [5, 5.41) is 0. The van der Waals surface area contributed by atoms with E-state index in [0.29, 0.717) is 36.0 Å². The summed E-state index contributed by atoms with van der Waals surface area (Å²) in [7, 11) is 1.56. The van der Waals surface area contributed by atoms with Gasteiger partial charge in [0.2, 0.25) is 0 Å².